The number of ether oxygens (including phenoxy) is 1. The first kappa shape index (κ1) is 18.3. The van der Waals surface area contributed by atoms with Crippen LogP contribution in [0.3, 0.4) is 0 Å². The number of hydrogen-bond acceptors (Lipinski definition) is 4. The van der Waals surface area contributed by atoms with E-state index in [2.05, 4.69) is 48.5 Å². The Kier molecular flexibility index (Phi) is 6.50. The van der Waals surface area contributed by atoms with Crippen molar-refractivity contribution in [1.29, 1.82) is 0 Å². The molecule has 0 saturated carbocycles. The van der Waals surface area contributed by atoms with Crippen molar-refractivity contribution in [3.8, 4) is 0 Å². The molecule has 0 aliphatic carbocycles. The van der Waals surface area contributed by atoms with Crippen molar-refractivity contribution >= 4 is 19.4 Å². The molecule has 1 aromatic rings. The number of benzene rings is 1. The van der Waals surface area contributed by atoms with Gasteiger partial charge in [0.15, 0.2) is 0 Å². The standard InChI is InChI=1S/C18H33N3OSi/c1-16-14-17(6-7-18(16)19)21-9-5-8-20(10-11-21)12-13-22-15-23(2,3)4/h6-7,14H,5,8-13,15,19H2,1-4H3. The molecule has 5 heteroatoms. The number of nitrogen functional groups attached to an aromatic ring is 1. The molecule has 1 aliphatic heterocycles. The maximum absolute atomic E-state index is 5.93. The van der Waals surface area contributed by atoms with Gasteiger partial charge in [-0.05, 0) is 43.7 Å². The first-order valence-electron chi connectivity index (χ1n) is 8.76. The number of hydrogen-bond donors (Lipinski definition) is 1. The van der Waals surface area contributed by atoms with Gasteiger partial charge in [0, 0.05) is 43.8 Å². The van der Waals surface area contributed by atoms with Gasteiger partial charge in [0.25, 0.3) is 0 Å². The predicted molar refractivity (Wildman–Crippen MR) is 103 cm³/mol. The molecule has 1 fully saturated rings. The summed E-state index contributed by atoms with van der Waals surface area (Å²) in [5, 5.41) is 0. The summed E-state index contributed by atoms with van der Waals surface area (Å²) in [5.41, 5.74) is 9.28. The monoisotopic (exact) mass is 335 g/mol. The fourth-order valence-electron chi connectivity index (χ4n) is 2.88. The zero-order valence-electron chi connectivity index (χ0n) is 15.3. The molecule has 0 amide bonds. The van der Waals surface area contributed by atoms with Crippen LogP contribution in [0.4, 0.5) is 11.4 Å². The van der Waals surface area contributed by atoms with Gasteiger partial charge in [0.2, 0.25) is 0 Å². The van der Waals surface area contributed by atoms with Crippen molar-refractivity contribution in [3.05, 3.63) is 23.8 Å². The second-order valence-corrected chi connectivity index (χ2v) is 13.2. The molecule has 1 aromatic carbocycles. The summed E-state index contributed by atoms with van der Waals surface area (Å²) in [6.45, 7) is 15.5. The van der Waals surface area contributed by atoms with Gasteiger partial charge in [-0.15, -0.1) is 0 Å². The lowest BCUT2D eigenvalue weighted by Gasteiger charge is -2.24. The van der Waals surface area contributed by atoms with E-state index in [-0.39, 0.29) is 0 Å². The van der Waals surface area contributed by atoms with Crippen LogP contribution in [-0.2, 0) is 4.74 Å². The fourth-order valence-corrected chi connectivity index (χ4v) is 3.64. The topological polar surface area (TPSA) is 41.7 Å². The van der Waals surface area contributed by atoms with Crippen LogP contribution in [0.25, 0.3) is 0 Å². The molecule has 4 nitrogen and oxygen atoms in total. The first-order chi connectivity index (χ1) is 10.8. The molecule has 2 rings (SSSR count). The van der Waals surface area contributed by atoms with Gasteiger partial charge in [-0.1, -0.05) is 19.6 Å². The first-order valence-corrected chi connectivity index (χ1v) is 12.5. The van der Waals surface area contributed by atoms with Crippen molar-refractivity contribution in [2.24, 2.45) is 0 Å². The van der Waals surface area contributed by atoms with Gasteiger partial charge in [0.1, 0.15) is 0 Å². The molecular weight excluding hydrogens is 302 g/mol. The van der Waals surface area contributed by atoms with E-state index in [1.807, 2.05) is 6.07 Å². The third-order valence-electron chi connectivity index (χ3n) is 4.29. The van der Waals surface area contributed by atoms with Crippen LogP contribution < -0.4 is 10.6 Å². The second-order valence-electron chi connectivity index (χ2n) is 7.84. The van der Waals surface area contributed by atoms with E-state index in [4.69, 9.17) is 10.5 Å². The highest BCUT2D eigenvalue weighted by atomic mass is 28.3. The highest BCUT2D eigenvalue weighted by Gasteiger charge is 2.16. The zero-order valence-corrected chi connectivity index (χ0v) is 16.3. The molecule has 2 N–H and O–H groups in total. The third kappa shape index (κ3) is 6.16. The summed E-state index contributed by atoms with van der Waals surface area (Å²) in [5.74, 6) is 0. The van der Waals surface area contributed by atoms with E-state index in [1.165, 1.54) is 24.2 Å². The lowest BCUT2D eigenvalue weighted by molar-refractivity contribution is 0.134. The van der Waals surface area contributed by atoms with Gasteiger partial charge >= 0.3 is 0 Å². The molecule has 1 aliphatic rings. The van der Waals surface area contributed by atoms with Crippen molar-refractivity contribution in [2.45, 2.75) is 33.0 Å². The SMILES string of the molecule is Cc1cc(N2CCCN(CCOC[Si](C)(C)C)CC2)ccc1N. The molecule has 0 aromatic heterocycles. The van der Waals surface area contributed by atoms with E-state index in [9.17, 15) is 0 Å². The molecule has 130 valence electrons. The summed E-state index contributed by atoms with van der Waals surface area (Å²) in [6, 6.07) is 6.38. The number of nitrogens with zero attached hydrogens (tertiary/aromatic N) is 2. The Labute approximate surface area is 142 Å². The Morgan fingerprint density at radius 3 is 2.61 bits per heavy atom. The normalized spacial score (nSPS) is 17.3. The number of nitrogens with two attached hydrogens (primary N) is 1. The highest BCUT2D eigenvalue weighted by Crippen LogP contribution is 2.21. The summed E-state index contributed by atoms with van der Waals surface area (Å²) in [6.07, 6.45) is 2.18. The number of anilines is 2. The van der Waals surface area contributed by atoms with E-state index < -0.39 is 8.07 Å². The third-order valence-corrected chi connectivity index (χ3v) is 5.36. The minimum absolute atomic E-state index is 0.866. The largest absolute Gasteiger partial charge is 0.399 e. The lowest BCUT2D eigenvalue weighted by Crippen LogP contribution is -2.34. The average molecular weight is 336 g/mol. The van der Waals surface area contributed by atoms with Gasteiger partial charge in [0.05, 0.1) is 14.7 Å². The molecule has 0 radical (unpaired) electrons. The van der Waals surface area contributed by atoms with Crippen molar-refractivity contribution < 1.29 is 4.74 Å². The summed E-state index contributed by atoms with van der Waals surface area (Å²) in [4.78, 5) is 5.02. The Balaban J connectivity index is 1.79. The van der Waals surface area contributed by atoms with E-state index >= 15 is 0 Å². The van der Waals surface area contributed by atoms with E-state index in [0.717, 1.165) is 44.7 Å². The molecule has 0 atom stereocenters. The Bertz CT molecular complexity index is 502. The minimum atomic E-state index is -1.08. The Morgan fingerprint density at radius 2 is 1.91 bits per heavy atom. The predicted octanol–water partition coefficient (Wildman–Crippen LogP) is 2.98. The average Bonchev–Trinajstić information content (AvgIpc) is 2.71. The molecule has 0 bridgehead atoms. The van der Waals surface area contributed by atoms with Gasteiger partial charge < -0.3 is 15.4 Å². The molecule has 1 saturated heterocycles. The van der Waals surface area contributed by atoms with Crippen LogP contribution in [0.5, 0.6) is 0 Å². The van der Waals surface area contributed by atoms with Crippen LogP contribution in [0, 0.1) is 6.92 Å². The number of rotatable bonds is 6. The maximum Gasteiger partial charge on any atom is 0.0746 e. The number of aryl methyl sites for hydroxylation is 1. The van der Waals surface area contributed by atoms with E-state index in [0.29, 0.717) is 0 Å². The zero-order chi connectivity index (χ0) is 16.9. The van der Waals surface area contributed by atoms with Crippen LogP contribution in [0.1, 0.15) is 12.0 Å². The van der Waals surface area contributed by atoms with Gasteiger partial charge in [-0.2, -0.15) is 0 Å². The Hall–Kier alpha value is -1.04. The van der Waals surface area contributed by atoms with E-state index in [1.54, 1.807) is 0 Å². The molecule has 0 spiro atoms. The van der Waals surface area contributed by atoms with Gasteiger partial charge in [-0.3, -0.25) is 4.90 Å². The fraction of sp³-hybridized carbons (Fsp3) is 0.667. The van der Waals surface area contributed by atoms with Crippen molar-refractivity contribution in [2.75, 3.05) is 56.2 Å². The van der Waals surface area contributed by atoms with Crippen LogP contribution in [-0.4, -0.2) is 58.5 Å². The van der Waals surface area contributed by atoms with Crippen LogP contribution in [0.2, 0.25) is 19.6 Å². The molecule has 1 heterocycles. The minimum Gasteiger partial charge on any atom is -0.399 e. The van der Waals surface area contributed by atoms with Crippen molar-refractivity contribution in [3.63, 3.8) is 0 Å². The second kappa shape index (κ2) is 8.17. The van der Waals surface area contributed by atoms with Crippen LogP contribution in [0.15, 0.2) is 18.2 Å². The summed E-state index contributed by atoms with van der Waals surface area (Å²) in [7, 11) is -1.08. The van der Waals surface area contributed by atoms with Crippen molar-refractivity contribution in [1.82, 2.24) is 4.90 Å². The maximum atomic E-state index is 5.93. The molecule has 0 unspecified atom stereocenters. The van der Waals surface area contributed by atoms with Gasteiger partial charge in [-0.25, -0.2) is 0 Å². The van der Waals surface area contributed by atoms with Crippen LogP contribution >= 0.6 is 0 Å². The summed E-state index contributed by atoms with van der Waals surface area (Å²) >= 11 is 0. The lowest BCUT2D eigenvalue weighted by atomic mass is 10.1. The summed E-state index contributed by atoms with van der Waals surface area (Å²) < 4.78 is 5.87. The smallest absolute Gasteiger partial charge is 0.0746 e. The molecular formula is C18H33N3OSi. The quantitative estimate of drug-likeness (QED) is 0.493. The Morgan fingerprint density at radius 1 is 1.13 bits per heavy atom. The highest BCUT2D eigenvalue weighted by molar-refractivity contribution is 6.76. The molecule has 23 heavy (non-hydrogen) atoms.